The molecule has 25 heavy (non-hydrogen) atoms. The molecule has 4 rings (SSSR count). The normalized spacial score (nSPS) is 11.1. The predicted molar refractivity (Wildman–Crippen MR) is 95.9 cm³/mol. The van der Waals surface area contributed by atoms with Gasteiger partial charge >= 0.3 is 5.69 Å². The van der Waals surface area contributed by atoms with Crippen molar-refractivity contribution in [3.63, 3.8) is 0 Å². The summed E-state index contributed by atoms with van der Waals surface area (Å²) in [5, 5.41) is 4.56. The lowest BCUT2D eigenvalue weighted by Crippen LogP contribution is -2.20. The smallest absolute Gasteiger partial charge is 0.245 e. The molecule has 0 saturated carbocycles. The van der Waals surface area contributed by atoms with Gasteiger partial charge in [0.2, 0.25) is 5.78 Å². The molecule has 0 atom stereocenters. The van der Waals surface area contributed by atoms with E-state index >= 15 is 0 Å². The number of aryl methyl sites for hydroxylation is 2. The molecule has 0 aliphatic carbocycles. The van der Waals surface area contributed by atoms with E-state index < -0.39 is 0 Å². The van der Waals surface area contributed by atoms with E-state index in [4.69, 9.17) is 0 Å². The van der Waals surface area contributed by atoms with Crippen molar-refractivity contribution in [2.24, 2.45) is 0 Å². The van der Waals surface area contributed by atoms with Crippen LogP contribution in [-0.4, -0.2) is 24.1 Å². The molecule has 0 aliphatic rings. The van der Waals surface area contributed by atoms with Gasteiger partial charge in [-0.2, -0.15) is 19.7 Å². The van der Waals surface area contributed by atoms with E-state index in [1.807, 2.05) is 68.4 Å². The molecule has 2 heterocycles. The predicted octanol–water partition coefficient (Wildman–Crippen LogP) is 2.81. The zero-order chi connectivity index (χ0) is 17.4. The average Bonchev–Trinajstić information content (AvgIpc) is 3.02. The quantitative estimate of drug-likeness (QED) is 0.579. The number of fused-ring (bicyclic) bond motifs is 1. The van der Waals surface area contributed by atoms with Gasteiger partial charge in [0, 0.05) is 12.0 Å². The summed E-state index contributed by atoms with van der Waals surface area (Å²) in [6.07, 6.45) is 0.615. The van der Waals surface area contributed by atoms with Crippen LogP contribution in [0.4, 0.5) is 0 Å². The fraction of sp³-hybridized carbons (Fsp3) is 0.158. The first-order valence-corrected chi connectivity index (χ1v) is 8.18. The minimum absolute atomic E-state index is 0.361. The second kappa shape index (κ2) is 5.98. The Kier molecular flexibility index (Phi) is 3.65. The van der Waals surface area contributed by atoms with Crippen LogP contribution in [-0.2, 0) is 6.42 Å². The lowest BCUT2D eigenvalue weighted by molar-refractivity contribution is 0.836. The van der Waals surface area contributed by atoms with Crippen molar-refractivity contribution in [3.8, 4) is 17.1 Å². The molecule has 0 spiro atoms. The summed E-state index contributed by atoms with van der Waals surface area (Å²) in [6, 6.07) is 17.5. The van der Waals surface area contributed by atoms with Crippen LogP contribution < -0.4 is 5.69 Å². The molecule has 0 bridgehead atoms. The number of para-hydroxylation sites is 1. The van der Waals surface area contributed by atoms with E-state index in [2.05, 4.69) is 15.1 Å². The highest BCUT2D eigenvalue weighted by Crippen LogP contribution is 2.17. The minimum atomic E-state index is -0.361. The molecular weight excluding hydrogens is 314 g/mol. The number of hydrogen-bond acceptors (Lipinski definition) is 4. The SMILES string of the molecule is CCc1nn(-c2ccccc2)c2nc(-c3ccc(C)cc3)nc(=O)n12. The van der Waals surface area contributed by atoms with E-state index in [0.717, 1.165) is 16.8 Å². The first-order valence-electron chi connectivity index (χ1n) is 8.18. The van der Waals surface area contributed by atoms with Crippen LogP contribution in [0.15, 0.2) is 59.4 Å². The van der Waals surface area contributed by atoms with Crippen molar-refractivity contribution < 1.29 is 0 Å². The van der Waals surface area contributed by atoms with Crippen molar-refractivity contribution in [2.45, 2.75) is 20.3 Å². The van der Waals surface area contributed by atoms with Crippen molar-refractivity contribution in [2.75, 3.05) is 0 Å². The number of hydrogen-bond donors (Lipinski definition) is 0. The molecule has 6 heteroatoms. The lowest BCUT2D eigenvalue weighted by Gasteiger charge is -2.04. The van der Waals surface area contributed by atoms with Gasteiger partial charge < -0.3 is 0 Å². The van der Waals surface area contributed by atoms with Crippen LogP contribution in [0.5, 0.6) is 0 Å². The van der Waals surface area contributed by atoms with Gasteiger partial charge in [-0.15, -0.1) is 0 Å². The van der Waals surface area contributed by atoms with Gasteiger partial charge in [0.05, 0.1) is 5.69 Å². The summed E-state index contributed by atoms with van der Waals surface area (Å²) in [5.74, 6) is 1.52. The highest BCUT2D eigenvalue weighted by atomic mass is 16.1. The van der Waals surface area contributed by atoms with Gasteiger partial charge in [-0.3, -0.25) is 0 Å². The molecule has 0 unspecified atom stereocenters. The Morgan fingerprint density at radius 3 is 2.36 bits per heavy atom. The number of benzene rings is 2. The standard InChI is InChI=1S/C19H17N5O/c1-3-16-22-24(15-7-5-4-6-8-15)18-20-17(21-19(25)23(16)18)14-11-9-13(2)10-12-14/h4-12H,3H2,1-2H3. The Morgan fingerprint density at radius 2 is 1.68 bits per heavy atom. The van der Waals surface area contributed by atoms with Gasteiger partial charge in [-0.05, 0) is 19.1 Å². The van der Waals surface area contributed by atoms with Crippen molar-refractivity contribution in [1.82, 2.24) is 24.1 Å². The Labute approximate surface area is 144 Å². The zero-order valence-corrected chi connectivity index (χ0v) is 14.0. The highest BCUT2D eigenvalue weighted by molar-refractivity contribution is 5.57. The van der Waals surface area contributed by atoms with E-state index in [9.17, 15) is 4.79 Å². The summed E-state index contributed by atoms with van der Waals surface area (Å²) in [6.45, 7) is 3.97. The molecule has 0 radical (unpaired) electrons. The summed E-state index contributed by atoms with van der Waals surface area (Å²) in [5.41, 5.74) is 2.44. The molecule has 6 nitrogen and oxygen atoms in total. The monoisotopic (exact) mass is 331 g/mol. The van der Waals surface area contributed by atoms with Gasteiger partial charge in [-0.25, -0.2) is 9.20 Å². The Hall–Kier alpha value is -3.28. The molecular formula is C19H17N5O. The summed E-state index contributed by atoms with van der Waals surface area (Å²) in [4.78, 5) is 21.4. The average molecular weight is 331 g/mol. The van der Waals surface area contributed by atoms with Crippen LogP contribution in [0, 0.1) is 6.92 Å². The molecule has 0 N–H and O–H groups in total. The molecule has 124 valence electrons. The maximum Gasteiger partial charge on any atom is 0.358 e. The van der Waals surface area contributed by atoms with Crippen LogP contribution in [0.25, 0.3) is 22.9 Å². The third kappa shape index (κ3) is 2.61. The van der Waals surface area contributed by atoms with Crippen LogP contribution in [0.1, 0.15) is 18.3 Å². The first-order chi connectivity index (χ1) is 12.2. The molecule has 0 fully saturated rings. The molecule has 2 aromatic carbocycles. The Morgan fingerprint density at radius 1 is 0.960 bits per heavy atom. The molecule has 4 aromatic rings. The highest BCUT2D eigenvalue weighted by Gasteiger charge is 2.16. The molecule has 0 aliphatic heterocycles. The second-order valence-corrected chi connectivity index (χ2v) is 5.85. The summed E-state index contributed by atoms with van der Waals surface area (Å²) < 4.78 is 3.17. The molecule has 0 saturated heterocycles. The van der Waals surface area contributed by atoms with Gasteiger partial charge in [0.1, 0.15) is 5.82 Å². The van der Waals surface area contributed by atoms with Gasteiger partial charge in [0.25, 0.3) is 0 Å². The summed E-state index contributed by atoms with van der Waals surface area (Å²) in [7, 11) is 0. The molecule has 2 aromatic heterocycles. The van der Waals surface area contributed by atoms with Crippen LogP contribution in [0.3, 0.4) is 0 Å². The molecule has 0 amide bonds. The van der Waals surface area contributed by atoms with E-state index in [-0.39, 0.29) is 5.69 Å². The first kappa shape index (κ1) is 15.3. The second-order valence-electron chi connectivity index (χ2n) is 5.85. The largest absolute Gasteiger partial charge is 0.358 e. The minimum Gasteiger partial charge on any atom is -0.245 e. The Balaban J connectivity index is 2.01. The topological polar surface area (TPSA) is 65.1 Å². The number of aromatic nitrogens is 5. The van der Waals surface area contributed by atoms with Gasteiger partial charge in [0.15, 0.2) is 5.82 Å². The van der Waals surface area contributed by atoms with Crippen molar-refractivity contribution in [3.05, 3.63) is 76.5 Å². The van der Waals surface area contributed by atoms with Gasteiger partial charge in [-0.1, -0.05) is 55.0 Å². The summed E-state index contributed by atoms with van der Waals surface area (Å²) >= 11 is 0. The van der Waals surface area contributed by atoms with E-state index in [0.29, 0.717) is 23.8 Å². The van der Waals surface area contributed by atoms with Crippen molar-refractivity contribution >= 4 is 5.78 Å². The number of nitrogens with zero attached hydrogens (tertiary/aromatic N) is 5. The Bertz CT molecular complexity index is 1090. The van der Waals surface area contributed by atoms with Crippen LogP contribution in [0.2, 0.25) is 0 Å². The lowest BCUT2D eigenvalue weighted by atomic mass is 10.1. The van der Waals surface area contributed by atoms with Crippen LogP contribution >= 0.6 is 0 Å². The fourth-order valence-corrected chi connectivity index (χ4v) is 2.77. The third-order valence-corrected chi connectivity index (χ3v) is 4.09. The van der Waals surface area contributed by atoms with Crippen molar-refractivity contribution in [1.29, 1.82) is 0 Å². The maximum absolute atomic E-state index is 12.6. The third-order valence-electron chi connectivity index (χ3n) is 4.09. The fourth-order valence-electron chi connectivity index (χ4n) is 2.77. The van der Waals surface area contributed by atoms with E-state index in [1.165, 1.54) is 4.40 Å². The number of rotatable bonds is 3. The maximum atomic E-state index is 12.6. The zero-order valence-electron chi connectivity index (χ0n) is 14.0. The van der Waals surface area contributed by atoms with E-state index in [1.54, 1.807) is 4.68 Å².